The second kappa shape index (κ2) is 4.83. The zero-order valence-electron chi connectivity index (χ0n) is 8.84. The van der Waals surface area contributed by atoms with Gasteiger partial charge in [0.15, 0.2) is 0 Å². The van der Waals surface area contributed by atoms with Crippen LogP contribution in [0.15, 0.2) is 18.2 Å². The van der Waals surface area contributed by atoms with Gasteiger partial charge in [-0.25, -0.2) is 0 Å². The van der Waals surface area contributed by atoms with Crippen LogP contribution in [-0.2, 0) is 6.42 Å². The highest BCUT2D eigenvalue weighted by Crippen LogP contribution is 2.26. The van der Waals surface area contributed by atoms with E-state index in [2.05, 4.69) is 37.4 Å². The molecule has 0 fully saturated rings. The molecule has 0 spiro atoms. The van der Waals surface area contributed by atoms with Crippen molar-refractivity contribution in [2.24, 2.45) is 0 Å². The summed E-state index contributed by atoms with van der Waals surface area (Å²) >= 11 is 0. The molecular weight excluding hydrogens is 238 g/mol. The summed E-state index contributed by atoms with van der Waals surface area (Å²) in [6.45, 7) is 4.41. The molecule has 2 heteroatoms. The Hall–Kier alpha value is -0.500. The standard InChI is InChI=1S/C12H17N.BrH/c1-3-11-6-5-10-8-9(2)4-7-12(10)13-11;/h4,7-8,11,13H,3,5-6H2,1-2H3;1H. The molecule has 1 aromatic carbocycles. The Morgan fingerprint density at radius 3 is 2.93 bits per heavy atom. The topological polar surface area (TPSA) is 12.0 Å². The lowest BCUT2D eigenvalue weighted by atomic mass is 9.95. The van der Waals surface area contributed by atoms with Gasteiger partial charge < -0.3 is 5.32 Å². The van der Waals surface area contributed by atoms with Crippen LogP contribution in [-0.4, -0.2) is 6.04 Å². The average molecular weight is 256 g/mol. The second-order valence-corrected chi connectivity index (χ2v) is 3.95. The third-order valence-electron chi connectivity index (χ3n) is 2.88. The van der Waals surface area contributed by atoms with Gasteiger partial charge in [0, 0.05) is 11.7 Å². The van der Waals surface area contributed by atoms with E-state index in [1.54, 1.807) is 0 Å². The van der Waals surface area contributed by atoms with E-state index in [1.165, 1.54) is 36.1 Å². The van der Waals surface area contributed by atoms with Crippen LogP contribution in [0.2, 0.25) is 0 Å². The summed E-state index contributed by atoms with van der Waals surface area (Å²) < 4.78 is 0. The van der Waals surface area contributed by atoms with Gasteiger partial charge in [-0.2, -0.15) is 0 Å². The van der Waals surface area contributed by atoms with Crippen molar-refractivity contribution >= 4 is 22.7 Å². The number of fused-ring (bicyclic) bond motifs is 1. The lowest BCUT2D eigenvalue weighted by Gasteiger charge is -2.26. The number of aryl methyl sites for hydroxylation is 2. The van der Waals surface area contributed by atoms with Crippen molar-refractivity contribution in [3.63, 3.8) is 0 Å². The summed E-state index contributed by atoms with van der Waals surface area (Å²) in [4.78, 5) is 0. The Morgan fingerprint density at radius 1 is 1.43 bits per heavy atom. The van der Waals surface area contributed by atoms with E-state index in [4.69, 9.17) is 0 Å². The van der Waals surface area contributed by atoms with Gasteiger partial charge in [-0.3, -0.25) is 0 Å². The van der Waals surface area contributed by atoms with Crippen molar-refractivity contribution in [2.45, 2.75) is 39.2 Å². The van der Waals surface area contributed by atoms with Gasteiger partial charge >= 0.3 is 0 Å². The van der Waals surface area contributed by atoms with Crippen LogP contribution in [0.25, 0.3) is 0 Å². The van der Waals surface area contributed by atoms with E-state index < -0.39 is 0 Å². The molecule has 1 heterocycles. The molecule has 0 aromatic heterocycles. The summed E-state index contributed by atoms with van der Waals surface area (Å²) in [6.07, 6.45) is 3.75. The quantitative estimate of drug-likeness (QED) is 0.807. The fourth-order valence-corrected chi connectivity index (χ4v) is 2.00. The van der Waals surface area contributed by atoms with Crippen molar-refractivity contribution in [1.29, 1.82) is 0 Å². The minimum Gasteiger partial charge on any atom is -0.382 e. The van der Waals surface area contributed by atoms with Gasteiger partial charge in [-0.15, -0.1) is 17.0 Å². The molecule has 1 aliphatic rings. The first-order chi connectivity index (χ1) is 6.29. The lowest BCUT2D eigenvalue weighted by Crippen LogP contribution is -2.24. The summed E-state index contributed by atoms with van der Waals surface area (Å²) in [5.74, 6) is 0. The van der Waals surface area contributed by atoms with Crippen molar-refractivity contribution in [3.8, 4) is 0 Å². The smallest absolute Gasteiger partial charge is 0.0375 e. The molecule has 1 aliphatic heterocycles. The van der Waals surface area contributed by atoms with E-state index in [0.29, 0.717) is 6.04 Å². The molecule has 1 N–H and O–H groups in total. The first kappa shape index (κ1) is 11.6. The predicted molar refractivity (Wildman–Crippen MR) is 67.5 cm³/mol. The Labute approximate surface area is 96.7 Å². The maximum Gasteiger partial charge on any atom is 0.0375 e. The van der Waals surface area contributed by atoms with Crippen LogP contribution >= 0.6 is 17.0 Å². The average Bonchev–Trinajstić information content (AvgIpc) is 2.17. The molecule has 0 radical (unpaired) electrons. The molecule has 1 atom stereocenters. The second-order valence-electron chi connectivity index (χ2n) is 3.95. The Kier molecular flexibility index (Phi) is 3.99. The van der Waals surface area contributed by atoms with Crippen molar-refractivity contribution in [1.82, 2.24) is 0 Å². The SMILES string of the molecule is Br.CCC1CCc2cc(C)ccc2N1. The van der Waals surface area contributed by atoms with Crippen LogP contribution in [0.3, 0.4) is 0 Å². The Morgan fingerprint density at radius 2 is 2.21 bits per heavy atom. The maximum atomic E-state index is 3.57. The number of hydrogen-bond acceptors (Lipinski definition) is 1. The predicted octanol–water partition coefficient (Wildman–Crippen LogP) is 3.71. The number of rotatable bonds is 1. The minimum absolute atomic E-state index is 0. The molecule has 14 heavy (non-hydrogen) atoms. The van der Waals surface area contributed by atoms with Gasteiger partial charge in [0.05, 0.1) is 0 Å². The first-order valence-electron chi connectivity index (χ1n) is 5.15. The molecule has 78 valence electrons. The van der Waals surface area contributed by atoms with Crippen molar-refractivity contribution in [3.05, 3.63) is 29.3 Å². The summed E-state index contributed by atoms with van der Waals surface area (Å²) in [7, 11) is 0. The number of hydrogen-bond donors (Lipinski definition) is 1. The fourth-order valence-electron chi connectivity index (χ4n) is 2.00. The van der Waals surface area contributed by atoms with Crippen LogP contribution in [0.1, 0.15) is 30.9 Å². The van der Waals surface area contributed by atoms with Crippen LogP contribution < -0.4 is 5.32 Å². The highest BCUT2D eigenvalue weighted by Gasteiger charge is 2.15. The highest BCUT2D eigenvalue weighted by atomic mass is 79.9. The van der Waals surface area contributed by atoms with E-state index in [1.807, 2.05) is 0 Å². The van der Waals surface area contributed by atoms with Crippen molar-refractivity contribution in [2.75, 3.05) is 5.32 Å². The van der Waals surface area contributed by atoms with Gasteiger partial charge in [0.2, 0.25) is 0 Å². The van der Waals surface area contributed by atoms with Crippen molar-refractivity contribution < 1.29 is 0 Å². The number of halogens is 1. The lowest BCUT2D eigenvalue weighted by molar-refractivity contribution is 0.614. The van der Waals surface area contributed by atoms with Gasteiger partial charge in [-0.05, 0) is 37.8 Å². The van der Waals surface area contributed by atoms with Gasteiger partial charge in [0.1, 0.15) is 0 Å². The third kappa shape index (κ3) is 2.30. The molecule has 2 rings (SSSR count). The minimum atomic E-state index is 0. The maximum absolute atomic E-state index is 3.57. The molecule has 1 nitrogen and oxygen atoms in total. The molecule has 0 amide bonds. The summed E-state index contributed by atoms with van der Waals surface area (Å²) in [5.41, 5.74) is 4.21. The fraction of sp³-hybridized carbons (Fsp3) is 0.500. The summed E-state index contributed by atoms with van der Waals surface area (Å²) in [6, 6.07) is 7.39. The summed E-state index contributed by atoms with van der Waals surface area (Å²) in [5, 5.41) is 3.57. The monoisotopic (exact) mass is 255 g/mol. The van der Waals surface area contributed by atoms with E-state index in [-0.39, 0.29) is 17.0 Å². The molecule has 0 bridgehead atoms. The molecule has 0 saturated heterocycles. The van der Waals surface area contributed by atoms with Crippen LogP contribution in [0.4, 0.5) is 5.69 Å². The molecular formula is C12H18BrN. The zero-order chi connectivity index (χ0) is 9.26. The molecule has 1 aromatic rings. The Bertz CT molecular complexity index is 309. The number of benzene rings is 1. The van der Waals surface area contributed by atoms with Crippen LogP contribution in [0.5, 0.6) is 0 Å². The zero-order valence-corrected chi connectivity index (χ0v) is 10.6. The molecule has 0 saturated carbocycles. The van der Waals surface area contributed by atoms with E-state index in [9.17, 15) is 0 Å². The van der Waals surface area contributed by atoms with E-state index in [0.717, 1.165) is 0 Å². The van der Waals surface area contributed by atoms with Gasteiger partial charge in [-0.1, -0.05) is 24.6 Å². The normalized spacial score (nSPS) is 19.1. The number of nitrogens with one attached hydrogen (secondary N) is 1. The Balaban J connectivity index is 0.000000980. The number of anilines is 1. The van der Waals surface area contributed by atoms with E-state index >= 15 is 0 Å². The van der Waals surface area contributed by atoms with Gasteiger partial charge in [0.25, 0.3) is 0 Å². The van der Waals surface area contributed by atoms with Crippen LogP contribution in [0, 0.1) is 6.92 Å². The third-order valence-corrected chi connectivity index (χ3v) is 2.88. The largest absolute Gasteiger partial charge is 0.382 e. The first-order valence-corrected chi connectivity index (χ1v) is 5.15. The molecule has 0 aliphatic carbocycles. The molecule has 1 unspecified atom stereocenters. The highest BCUT2D eigenvalue weighted by molar-refractivity contribution is 8.93.